The first-order valence-corrected chi connectivity index (χ1v) is 8.95. The minimum atomic E-state index is -0.461. The summed E-state index contributed by atoms with van der Waals surface area (Å²) in [7, 11) is 0. The second-order valence-electron chi connectivity index (χ2n) is 6.67. The third-order valence-electron chi connectivity index (χ3n) is 4.60. The molecule has 0 fully saturated rings. The van der Waals surface area contributed by atoms with E-state index in [9.17, 15) is 9.18 Å². The molecule has 2 aromatic carbocycles. The van der Waals surface area contributed by atoms with Crippen molar-refractivity contribution in [3.8, 4) is 11.4 Å². The van der Waals surface area contributed by atoms with Crippen LogP contribution < -0.4 is 5.32 Å². The lowest BCUT2D eigenvalue weighted by atomic mass is 9.98. The zero-order chi connectivity index (χ0) is 19.4. The van der Waals surface area contributed by atoms with Crippen LogP contribution in [0.15, 0.2) is 53.1 Å². The van der Waals surface area contributed by atoms with Crippen LogP contribution in [0.4, 0.5) is 4.39 Å². The van der Waals surface area contributed by atoms with Gasteiger partial charge >= 0.3 is 0 Å². The molecule has 2 unspecified atom stereocenters. The number of carbonyl (C=O) groups excluding carboxylic acids is 1. The van der Waals surface area contributed by atoms with E-state index in [4.69, 9.17) is 4.52 Å². The fraction of sp³-hybridized carbons (Fsp3) is 0.286. The predicted octanol–water partition coefficient (Wildman–Crippen LogP) is 4.70. The molecule has 1 N–H and O–H groups in total. The number of aromatic nitrogens is 2. The van der Waals surface area contributed by atoms with Gasteiger partial charge in [0.15, 0.2) is 0 Å². The first-order valence-electron chi connectivity index (χ1n) is 8.95. The van der Waals surface area contributed by atoms with Gasteiger partial charge in [-0.25, -0.2) is 4.39 Å². The smallest absolute Gasteiger partial charge is 0.252 e. The molecular weight excluding hydrogens is 345 g/mol. The lowest BCUT2D eigenvalue weighted by Crippen LogP contribution is -2.32. The van der Waals surface area contributed by atoms with Crippen molar-refractivity contribution in [3.63, 3.8) is 0 Å². The van der Waals surface area contributed by atoms with Crippen LogP contribution in [0.25, 0.3) is 11.4 Å². The van der Waals surface area contributed by atoms with Crippen molar-refractivity contribution in [1.29, 1.82) is 0 Å². The fourth-order valence-corrected chi connectivity index (χ4v) is 2.72. The molecule has 0 saturated carbocycles. The second kappa shape index (κ2) is 8.12. The molecule has 1 heterocycles. The summed E-state index contributed by atoms with van der Waals surface area (Å²) in [5.41, 5.74) is 2.24. The number of hydrogen-bond donors (Lipinski definition) is 1. The van der Waals surface area contributed by atoms with Crippen LogP contribution >= 0.6 is 0 Å². The number of hydrogen-bond acceptors (Lipinski definition) is 4. The van der Waals surface area contributed by atoms with Crippen molar-refractivity contribution in [2.24, 2.45) is 5.92 Å². The quantitative estimate of drug-likeness (QED) is 0.686. The van der Waals surface area contributed by atoms with Gasteiger partial charge in [0, 0.05) is 11.1 Å². The highest BCUT2D eigenvalue weighted by Gasteiger charge is 2.27. The number of rotatable bonds is 6. The van der Waals surface area contributed by atoms with Crippen LogP contribution in [0.1, 0.15) is 48.1 Å². The van der Waals surface area contributed by atoms with Crippen molar-refractivity contribution in [2.75, 3.05) is 0 Å². The average molecular weight is 367 g/mol. The number of halogens is 1. The Morgan fingerprint density at radius 1 is 1.22 bits per heavy atom. The maximum Gasteiger partial charge on any atom is 0.252 e. The van der Waals surface area contributed by atoms with E-state index in [0.717, 1.165) is 17.5 Å². The van der Waals surface area contributed by atoms with Gasteiger partial charge in [-0.2, -0.15) is 4.98 Å². The third kappa shape index (κ3) is 4.39. The molecule has 3 aromatic rings. The highest BCUT2D eigenvalue weighted by atomic mass is 19.1. The van der Waals surface area contributed by atoms with E-state index >= 15 is 0 Å². The summed E-state index contributed by atoms with van der Waals surface area (Å²) in [6, 6.07) is 12.9. The van der Waals surface area contributed by atoms with Gasteiger partial charge in [-0.1, -0.05) is 61.3 Å². The molecule has 27 heavy (non-hydrogen) atoms. The summed E-state index contributed by atoms with van der Waals surface area (Å²) in [5.74, 6) is 0.0360. The molecule has 0 aliphatic rings. The molecule has 1 aromatic heterocycles. The van der Waals surface area contributed by atoms with Crippen LogP contribution in [-0.4, -0.2) is 16.0 Å². The molecule has 0 aliphatic carbocycles. The van der Waals surface area contributed by atoms with E-state index in [1.54, 1.807) is 6.07 Å². The highest BCUT2D eigenvalue weighted by molar-refractivity contribution is 5.94. The van der Waals surface area contributed by atoms with Crippen molar-refractivity contribution in [3.05, 3.63) is 71.4 Å². The van der Waals surface area contributed by atoms with E-state index in [1.807, 2.05) is 45.0 Å². The van der Waals surface area contributed by atoms with E-state index in [1.165, 1.54) is 18.2 Å². The Kier molecular flexibility index (Phi) is 5.64. The average Bonchev–Trinajstić information content (AvgIpc) is 3.15. The Hall–Kier alpha value is -3.02. The molecule has 1 amide bonds. The molecular formula is C21H22FN3O2. The molecule has 2 atom stereocenters. The van der Waals surface area contributed by atoms with Gasteiger partial charge in [-0.3, -0.25) is 4.79 Å². The Labute approximate surface area is 157 Å². The monoisotopic (exact) mass is 367 g/mol. The van der Waals surface area contributed by atoms with Crippen molar-refractivity contribution in [2.45, 2.75) is 33.2 Å². The zero-order valence-electron chi connectivity index (χ0n) is 15.6. The fourth-order valence-electron chi connectivity index (χ4n) is 2.72. The van der Waals surface area contributed by atoms with Crippen molar-refractivity contribution in [1.82, 2.24) is 15.5 Å². The summed E-state index contributed by atoms with van der Waals surface area (Å²) in [6.45, 7) is 6.02. The molecule has 6 heteroatoms. The first kappa shape index (κ1) is 18.8. The van der Waals surface area contributed by atoms with Gasteiger partial charge in [0.25, 0.3) is 5.91 Å². The first-order chi connectivity index (χ1) is 13.0. The minimum absolute atomic E-state index is 0.0637. The maximum absolute atomic E-state index is 13.4. The predicted molar refractivity (Wildman–Crippen MR) is 101 cm³/mol. The maximum atomic E-state index is 13.4. The Bertz CT molecular complexity index is 921. The lowest BCUT2D eigenvalue weighted by molar-refractivity contribution is 0.0909. The molecule has 0 bridgehead atoms. The zero-order valence-corrected chi connectivity index (χ0v) is 15.6. The van der Waals surface area contributed by atoms with Crippen LogP contribution in [-0.2, 0) is 0 Å². The Morgan fingerprint density at radius 2 is 1.96 bits per heavy atom. The number of benzene rings is 2. The van der Waals surface area contributed by atoms with E-state index in [0.29, 0.717) is 11.7 Å². The molecule has 140 valence electrons. The normalized spacial score (nSPS) is 13.2. The largest absolute Gasteiger partial charge is 0.340 e. The molecule has 5 nitrogen and oxygen atoms in total. The van der Waals surface area contributed by atoms with Crippen LogP contribution in [0.3, 0.4) is 0 Å². The van der Waals surface area contributed by atoms with Gasteiger partial charge in [0.1, 0.15) is 11.9 Å². The number of nitrogens with zero attached hydrogens (tertiary/aromatic N) is 2. The van der Waals surface area contributed by atoms with Crippen molar-refractivity contribution >= 4 is 5.91 Å². The van der Waals surface area contributed by atoms with E-state index in [-0.39, 0.29) is 17.4 Å². The summed E-state index contributed by atoms with van der Waals surface area (Å²) >= 11 is 0. The molecule has 0 aliphatic heterocycles. The molecule has 0 spiro atoms. The van der Waals surface area contributed by atoms with Gasteiger partial charge in [0.2, 0.25) is 11.7 Å². The minimum Gasteiger partial charge on any atom is -0.340 e. The lowest BCUT2D eigenvalue weighted by Gasteiger charge is -2.20. The van der Waals surface area contributed by atoms with Gasteiger partial charge < -0.3 is 9.84 Å². The summed E-state index contributed by atoms with van der Waals surface area (Å²) in [4.78, 5) is 17.0. The second-order valence-corrected chi connectivity index (χ2v) is 6.67. The summed E-state index contributed by atoms with van der Waals surface area (Å²) < 4.78 is 18.9. The Morgan fingerprint density at radius 3 is 2.63 bits per heavy atom. The van der Waals surface area contributed by atoms with Crippen molar-refractivity contribution < 1.29 is 13.7 Å². The SMILES string of the molecule is CCC(C)C(NC(=O)c1cccc(F)c1)c1nc(-c2ccc(C)cc2)no1. The van der Waals surface area contributed by atoms with Crippen LogP contribution in [0.2, 0.25) is 0 Å². The standard InChI is InChI=1S/C21H22FN3O2/c1-4-14(3)18(23-20(26)16-6-5-7-17(22)12-16)21-24-19(25-27-21)15-10-8-13(2)9-11-15/h5-12,14,18H,4H2,1-3H3,(H,23,26). The van der Waals surface area contributed by atoms with Crippen LogP contribution in [0, 0.1) is 18.7 Å². The molecule has 0 radical (unpaired) electrons. The number of carbonyl (C=O) groups is 1. The summed E-state index contributed by atoms with van der Waals surface area (Å²) in [5, 5.41) is 6.95. The van der Waals surface area contributed by atoms with Gasteiger partial charge in [-0.15, -0.1) is 0 Å². The molecule has 3 rings (SSSR count). The Balaban J connectivity index is 1.85. The van der Waals surface area contributed by atoms with Gasteiger partial charge in [-0.05, 0) is 31.0 Å². The van der Waals surface area contributed by atoms with Gasteiger partial charge in [0.05, 0.1) is 0 Å². The highest BCUT2D eigenvalue weighted by Crippen LogP contribution is 2.26. The number of nitrogens with one attached hydrogen (secondary N) is 1. The van der Waals surface area contributed by atoms with E-state index < -0.39 is 11.9 Å². The van der Waals surface area contributed by atoms with Crippen LogP contribution in [0.5, 0.6) is 0 Å². The number of aryl methyl sites for hydroxylation is 1. The van der Waals surface area contributed by atoms with E-state index in [2.05, 4.69) is 15.5 Å². The summed E-state index contributed by atoms with van der Waals surface area (Å²) in [6.07, 6.45) is 0.802. The topological polar surface area (TPSA) is 68.0 Å². The molecule has 0 saturated heterocycles. The third-order valence-corrected chi connectivity index (χ3v) is 4.60. The number of amides is 1.